The van der Waals surface area contributed by atoms with Gasteiger partial charge in [-0.2, -0.15) is 0 Å². The Hall–Kier alpha value is -3.43. The fourth-order valence-corrected chi connectivity index (χ4v) is 4.68. The number of rotatable bonds is 9. The number of hydrogen-bond acceptors (Lipinski definition) is 6. The summed E-state index contributed by atoms with van der Waals surface area (Å²) >= 11 is 0. The first-order chi connectivity index (χ1) is 16.8. The number of aromatic nitrogens is 5. The third-order valence-electron chi connectivity index (χ3n) is 6.24. The number of aliphatic hydroxyl groups is 1. The second kappa shape index (κ2) is 10.5. The first kappa shape index (κ1) is 24.7. The molecule has 2 aromatic heterocycles. The van der Waals surface area contributed by atoms with Crippen molar-refractivity contribution in [3.05, 3.63) is 86.7 Å². The lowest BCUT2D eigenvalue weighted by Crippen LogP contribution is -2.37. The zero-order valence-electron chi connectivity index (χ0n) is 20.5. The maximum absolute atomic E-state index is 13.3. The zero-order chi connectivity index (χ0) is 25.1. The summed E-state index contributed by atoms with van der Waals surface area (Å²) in [7, 11) is 0. The molecule has 2 aromatic carbocycles. The van der Waals surface area contributed by atoms with Gasteiger partial charge in [0.1, 0.15) is 5.82 Å². The van der Waals surface area contributed by atoms with E-state index in [1.807, 2.05) is 30.9 Å². The van der Waals surface area contributed by atoms with Gasteiger partial charge in [-0.25, -0.2) is 9.07 Å². The Morgan fingerprint density at radius 3 is 2.57 bits per heavy atom. The van der Waals surface area contributed by atoms with Gasteiger partial charge in [0.05, 0.1) is 19.2 Å². The molecular weight excluding hydrogens is 447 g/mol. The monoisotopic (exact) mass is 478 g/mol. The van der Waals surface area contributed by atoms with Crippen molar-refractivity contribution in [2.75, 3.05) is 13.2 Å². The number of aromatic amines is 1. The second-order valence-corrected chi connectivity index (χ2v) is 9.37. The van der Waals surface area contributed by atoms with Crippen molar-refractivity contribution in [1.82, 2.24) is 30.1 Å². The Morgan fingerprint density at radius 1 is 1.14 bits per heavy atom. The van der Waals surface area contributed by atoms with Crippen LogP contribution in [0.4, 0.5) is 4.39 Å². The van der Waals surface area contributed by atoms with Crippen molar-refractivity contribution < 1.29 is 9.50 Å². The van der Waals surface area contributed by atoms with Crippen LogP contribution in [0.15, 0.2) is 47.3 Å². The van der Waals surface area contributed by atoms with E-state index in [1.54, 1.807) is 16.8 Å². The number of pyridine rings is 1. The summed E-state index contributed by atoms with van der Waals surface area (Å²) in [5, 5.41) is 23.2. The summed E-state index contributed by atoms with van der Waals surface area (Å²) in [6, 6.07) is 12.0. The molecule has 35 heavy (non-hydrogen) atoms. The van der Waals surface area contributed by atoms with E-state index >= 15 is 0 Å². The van der Waals surface area contributed by atoms with Crippen molar-refractivity contribution in [3.63, 3.8) is 0 Å². The molecule has 0 amide bonds. The predicted molar refractivity (Wildman–Crippen MR) is 132 cm³/mol. The quantitative estimate of drug-likeness (QED) is 0.382. The molecule has 0 aliphatic carbocycles. The van der Waals surface area contributed by atoms with Crippen LogP contribution in [0.25, 0.3) is 10.9 Å². The van der Waals surface area contributed by atoms with Crippen LogP contribution in [0.1, 0.15) is 48.0 Å². The number of H-pyrrole nitrogens is 1. The van der Waals surface area contributed by atoms with Gasteiger partial charge in [0.15, 0.2) is 5.82 Å². The SMILES string of the molecule is Cc1cc(C)c2cc(CN(CCO)[C@H](c3nnnn3Cc3ccc(F)cc3)C(C)C)c(=O)[nH]c2c1. The van der Waals surface area contributed by atoms with Crippen LogP contribution in [-0.4, -0.2) is 48.3 Å². The van der Waals surface area contributed by atoms with Crippen molar-refractivity contribution in [2.24, 2.45) is 5.92 Å². The predicted octanol–water partition coefficient (Wildman–Crippen LogP) is 3.51. The third kappa shape index (κ3) is 5.47. The minimum Gasteiger partial charge on any atom is -0.395 e. The van der Waals surface area contributed by atoms with Crippen LogP contribution in [0.5, 0.6) is 0 Å². The molecule has 0 spiro atoms. The van der Waals surface area contributed by atoms with Gasteiger partial charge in [0.2, 0.25) is 0 Å². The fourth-order valence-electron chi connectivity index (χ4n) is 4.68. The topological polar surface area (TPSA) is 99.9 Å². The van der Waals surface area contributed by atoms with Crippen LogP contribution in [0.2, 0.25) is 0 Å². The smallest absolute Gasteiger partial charge is 0.252 e. The van der Waals surface area contributed by atoms with E-state index in [-0.39, 0.29) is 29.9 Å². The highest BCUT2D eigenvalue weighted by Crippen LogP contribution is 2.29. The number of benzene rings is 2. The lowest BCUT2D eigenvalue weighted by atomic mass is 9.99. The molecule has 4 rings (SSSR count). The van der Waals surface area contributed by atoms with E-state index in [9.17, 15) is 14.3 Å². The molecule has 0 radical (unpaired) electrons. The Labute approximate surface area is 203 Å². The van der Waals surface area contributed by atoms with Gasteiger partial charge in [-0.3, -0.25) is 9.69 Å². The molecule has 9 heteroatoms. The van der Waals surface area contributed by atoms with Crippen LogP contribution in [0, 0.1) is 25.6 Å². The van der Waals surface area contributed by atoms with Gasteiger partial charge < -0.3 is 10.1 Å². The molecule has 4 aromatic rings. The lowest BCUT2D eigenvalue weighted by molar-refractivity contribution is 0.106. The molecule has 184 valence electrons. The maximum atomic E-state index is 13.3. The summed E-state index contributed by atoms with van der Waals surface area (Å²) in [6.07, 6.45) is 0. The summed E-state index contributed by atoms with van der Waals surface area (Å²) in [4.78, 5) is 18.0. The summed E-state index contributed by atoms with van der Waals surface area (Å²) in [5.74, 6) is 0.413. The average Bonchev–Trinajstić information content (AvgIpc) is 3.23. The zero-order valence-corrected chi connectivity index (χ0v) is 20.5. The van der Waals surface area contributed by atoms with E-state index in [1.165, 1.54) is 12.1 Å². The van der Waals surface area contributed by atoms with Crippen molar-refractivity contribution in [1.29, 1.82) is 0 Å². The Balaban J connectivity index is 1.69. The molecule has 2 N–H and O–H groups in total. The molecule has 0 aliphatic rings. The molecule has 0 bridgehead atoms. The minimum absolute atomic E-state index is 0.0769. The van der Waals surface area contributed by atoms with E-state index < -0.39 is 0 Å². The normalized spacial score (nSPS) is 12.7. The number of nitrogens with one attached hydrogen (secondary N) is 1. The molecule has 2 heterocycles. The number of halogens is 1. The largest absolute Gasteiger partial charge is 0.395 e. The van der Waals surface area contributed by atoms with Gasteiger partial charge in [-0.15, -0.1) is 5.10 Å². The van der Waals surface area contributed by atoms with Crippen LogP contribution >= 0.6 is 0 Å². The molecule has 0 unspecified atom stereocenters. The number of aryl methyl sites for hydroxylation is 2. The van der Waals surface area contributed by atoms with Gasteiger partial charge in [-0.05, 0) is 71.1 Å². The molecule has 0 saturated carbocycles. The van der Waals surface area contributed by atoms with Gasteiger partial charge in [0.25, 0.3) is 5.56 Å². The molecule has 0 saturated heterocycles. The van der Waals surface area contributed by atoms with Crippen LogP contribution in [0.3, 0.4) is 0 Å². The standard InChI is InChI=1S/C26H31FN6O2/c1-16(2)24(25-29-30-31-33(25)14-19-5-7-21(27)8-6-19)32(9-10-34)15-20-13-22-18(4)11-17(3)12-23(22)28-26(20)35/h5-8,11-13,16,24,34H,9-10,14-15H2,1-4H3,(H,28,35)/t24-/m0/s1. The molecule has 0 fully saturated rings. The van der Waals surface area contributed by atoms with E-state index in [4.69, 9.17) is 0 Å². The van der Waals surface area contributed by atoms with E-state index in [0.717, 1.165) is 27.6 Å². The Bertz CT molecular complexity index is 1360. The molecule has 1 atom stereocenters. The Kier molecular flexibility index (Phi) is 7.37. The molecule has 0 aliphatic heterocycles. The summed E-state index contributed by atoms with van der Waals surface area (Å²) in [5.41, 5.74) is 4.32. The number of hydrogen-bond donors (Lipinski definition) is 2. The minimum atomic E-state index is -0.300. The van der Waals surface area contributed by atoms with Crippen molar-refractivity contribution in [2.45, 2.75) is 46.8 Å². The average molecular weight is 479 g/mol. The van der Waals surface area contributed by atoms with Crippen LogP contribution in [-0.2, 0) is 13.1 Å². The fraction of sp³-hybridized carbons (Fsp3) is 0.385. The third-order valence-corrected chi connectivity index (χ3v) is 6.24. The second-order valence-electron chi connectivity index (χ2n) is 9.37. The number of tetrazole rings is 1. The number of aliphatic hydroxyl groups excluding tert-OH is 1. The van der Waals surface area contributed by atoms with Gasteiger partial charge >= 0.3 is 0 Å². The highest BCUT2D eigenvalue weighted by atomic mass is 19.1. The van der Waals surface area contributed by atoms with Gasteiger partial charge in [0, 0.05) is 29.6 Å². The molecule has 8 nitrogen and oxygen atoms in total. The van der Waals surface area contributed by atoms with E-state index in [0.29, 0.717) is 31.0 Å². The van der Waals surface area contributed by atoms with Crippen LogP contribution < -0.4 is 5.56 Å². The number of fused-ring (bicyclic) bond motifs is 1. The maximum Gasteiger partial charge on any atom is 0.252 e. The summed E-state index contributed by atoms with van der Waals surface area (Å²) < 4.78 is 15.0. The number of nitrogens with zero attached hydrogens (tertiary/aromatic N) is 5. The highest BCUT2D eigenvalue weighted by Gasteiger charge is 2.29. The Morgan fingerprint density at radius 2 is 1.89 bits per heavy atom. The summed E-state index contributed by atoms with van der Waals surface area (Å²) in [6.45, 7) is 9.13. The lowest BCUT2D eigenvalue weighted by Gasteiger charge is -2.33. The van der Waals surface area contributed by atoms with Gasteiger partial charge in [-0.1, -0.05) is 32.0 Å². The first-order valence-electron chi connectivity index (χ1n) is 11.8. The first-order valence-corrected chi connectivity index (χ1v) is 11.8. The van der Waals surface area contributed by atoms with Crippen molar-refractivity contribution >= 4 is 10.9 Å². The van der Waals surface area contributed by atoms with Crippen molar-refractivity contribution in [3.8, 4) is 0 Å². The molecular formula is C26H31FN6O2. The highest BCUT2D eigenvalue weighted by molar-refractivity contribution is 5.83. The van der Waals surface area contributed by atoms with E-state index in [2.05, 4.69) is 40.4 Å².